The Balaban J connectivity index is 2.57. The van der Waals surface area contributed by atoms with Crippen molar-refractivity contribution in [2.45, 2.75) is 20.4 Å². The second kappa shape index (κ2) is 12.2. The van der Waals surface area contributed by atoms with Crippen LogP contribution in [0.5, 0.6) is 5.75 Å². The van der Waals surface area contributed by atoms with Gasteiger partial charge in [-0.3, -0.25) is 4.79 Å². The summed E-state index contributed by atoms with van der Waals surface area (Å²) in [4.78, 5) is 16.2. The summed E-state index contributed by atoms with van der Waals surface area (Å²) in [6.45, 7) is 6.86. The molecule has 1 aromatic carbocycles. The molecule has 1 aromatic rings. The van der Waals surface area contributed by atoms with Crippen LogP contribution in [0.1, 0.15) is 19.4 Å². The average molecular weight is 336 g/mol. The van der Waals surface area contributed by atoms with Crippen molar-refractivity contribution in [1.82, 2.24) is 16.0 Å². The summed E-state index contributed by atoms with van der Waals surface area (Å²) < 4.78 is 10.5. The van der Waals surface area contributed by atoms with E-state index in [4.69, 9.17) is 9.47 Å². The molecule has 0 saturated carbocycles. The Kier molecular flexibility index (Phi) is 10.0. The number of ether oxygens (including phenoxy) is 2. The fraction of sp³-hybridized carbons (Fsp3) is 0.529. The second-order valence-corrected chi connectivity index (χ2v) is 4.93. The van der Waals surface area contributed by atoms with Gasteiger partial charge in [0, 0.05) is 25.8 Å². The lowest BCUT2D eigenvalue weighted by Crippen LogP contribution is -2.43. The Morgan fingerprint density at radius 3 is 2.67 bits per heavy atom. The number of carbonyl (C=O) groups excluding carboxylic acids is 1. The minimum atomic E-state index is -0.104. The quantitative estimate of drug-likeness (QED) is 0.336. The molecule has 1 rings (SSSR count). The number of benzene rings is 1. The van der Waals surface area contributed by atoms with E-state index < -0.39 is 0 Å². The third-order valence-electron chi connectivity index (χ3n) is 3.07. The van der Waals surface area contributed by atoms with Crippen molar-refractivity contribution >= 4 is 11.9 Å². The number of aliphatic imine (C=N–C) groups is 1. The Bertz CT molecular complexity index is 520. The number of nitrogens with zero attached hydrogens (tertiary/aromatic N) is 1. The van der Waals surface area contributed by atoms with E-state index in [9.17, 15) is 4.79 Å². The maximum Gasteiger partial charge on any atom is 0.239 e. The minimum Gasteiger partial charge on any atom is -0.494 e. The molecule has 0 atom stereocenters. The summed E-state index contributed by atoms with van der Waals surface area (Å²) in [5.74, 6) is 1.31. The Labute approximate surface area is 143 Å². The normalized spacial score (nSPS) is 11.0. The third kappa shape index (κ3) is 7.82. The van der Waals surface area contributed by atoms with Gasteiger partial charge < -0.3 is 25.4 Å². The van der Waals surface area contributed by atoms with Crippen molar-refractivity contribution in [2.24, 2.45) is 4.99 Å². The number of para-hydroxylation sites is 1. The molecular weight excluding hydrogens is 308 g/mol. The first-order valence-corrected chi connectivity index (χ1v) is 8.19. The van der Waals surface area contributed by atoms with Gasteiger partial charge in [-0.05, 0) is 19.9 Å². The standard InChI is InChI=1S/C17H28N4O3/c1-4-18-17(21-13-16(22)19-10-11-23-3)20-12-14-8-6-7-9-15(14)24-5-2/h6-9H,4-5,10-13H2,1-3H3,(H,19,22)(H2,18,20,21). The van der Waals surface area contributed by atoms with Crippen LogP contribution >= 0.6 is 0 Å². The number of methoxy groups -OCH3 is 1. The van der Waals surface area contributed by atoms with Gasteiger partial charge in [-0.15, -0.1) is 0 Å². The van der Waals surface area contributed by atoms with Crippen LogP contribution in [0.15, 0.2) is 29.3 Å². The molecule has 7 heteroatoms. The van der Waals surface area contributed by atoms with Gasteiger partial charge in [0.25, 0.3) is 0 Å². The van der Waals surface area contributed by atoms with E-state index in [-0.39, 0.29) is 12.5 Å². The van der Waals surface area contributed by atoms with Crippen molar-refractivity contribution in [3.63, 3.8) is 0 Å². The second-order valence-electron chi connectivity index (χ2n) is 4.93. The molecule has 3 N–H and O–H groups in total. The van der Waals surface area contributed by atoms with E-state index in [0.29, 0.717) is 38.8 Å². The van der Waals surface area contributed by atoms with Crippen LogP contribution in [-0.2, 0) is 16.1 Å². The first-order valence-electron chi connectivity index (χ1n) is 8.19. The number of nitrogens with one attached hydrogen (secondary N) is 3. The largest absolute Gasteiger partial charge is 0.494 e. The topological polar surface area (TPSA) is 84.0 Å². The molecule has 0 radical (unpaired) electrons. The highest BCUT2D eigenvalue weighted by Crippen LogP contribution is 2.18. The van der Waals surface area contributed by atoms with E-state index in [1.54, 1.807) is 7.11 Å². The fourth-order valence-electron chi connectivity index (χ4n) is 1.96. The summed E-state index contributed by atoms with van der Waals surface area (Å²) in [5.41, 5.74) is 1.00. The molecule has 1 amide bonds. The van der Waals surface area contributed by atoms with Crippen LogP contribution in [0.4, 0.5) is 0 Å². The van der Waals surface area contributed by atoms with Gasteiger partial charge in [-0.2, -0.15) is 0 Å². The number of guanidine groups is 1. The maximum atomic E-state index is 11.7. The lowest BCUT2D eigenvalue weighted by molar-refractivity contribution is -0.120. The van der Waals surface area contributed by atoms with Gasteiger partial charge in [0.15, 0.2) is 5.96 Å². The zero-order chi connectivity index (χ0) is 17.6. The van der Waals surface area contributed by atoms with Crippen LogP contribution in [0.2, 0.25) is 0 Å². The summed E-state index contributed by atoms with van der Waals surface area (Å²) in [6.07, 6.45) is 0. The predicted octanol–water partition coefficient (Wildman–Crippen LogP) is 0.903. The molecule has 0 aliphatic carbocycles. The van der Waals surface area contributed by atoms with Crippen LogP contribution in [0, 0.1) is 0 Å². The number of hydrogen-bond donors (Lipinski definition) is 3. The number of carbonyl (C=O) groups is 1. The van der Waals surface area contributed by atoms with Crippen molar-refractivity contribution in [1.29, 1.82) is 0 Å². The van der Waals surface area contributed by atoms with E-state index in [2.05, 4.69) is 20.9 Å². The van der Waals surface area contributed by atoms with E-state index in [1.807, 2.05) is 38.1 Å². The lowest BCUT2D eigenvalue weighted by Gasteiger charge is -2.12. The van der Waals surface area contributed by atoms with Gasteiger partial charge in [-0.1, -0.05) is 18.2 Å². The smallest absolute Gasteiger partial charge is 0.239 e. The molecule has 0 aliphatic heterocycles. The first-order chi connectivity index (χ1) is 11.7. The summed E-state index contributed by atoms with van der Waals surface area (Å²) in [7, 11) is 1.60. The molecule has 0 fully saturated rings. The number of rotatable bonds is 10. The molecule has 134 valence electrons. The van der Waals surface area contributed by atoms with Crippen molar-refractivity contribution < 1.29 is 14.3 Å². The molecule has 0 saturated heterocycles. The molecule has 24 heavy (non-hydrogen) atoms. The SMILES string of the molecule is CCNC(=NCc1ccccc1OCC)NCC(=O)NCCOC. The van der Waals surface area contributed by atoms with E-state index in [1.165, 1.54) is 0 Å². The summed E-state index contributed by atoms with van der Waals surface area (Å²) >= 11 is 0. The molecule has 0 unspecified atom stereocenters. The molecule has 0 bridgehead atoms. The summed E-state index contributed by atoms with van der Waals surface area (Å²) in [6, 6.07) is 7.80. The van der Waals surface area contributed by atoms with Gasteiger partial charge in [0.2, 0.25) is 5.91 Å². The van der Waals surface area contributed by atoms with Crippen LogP contribution in [0.3, 0.4) is 0 Å². The third-order valence-corrected chi connectivity index (χ3v) is 3.07. The Morgan fingerprint density at radius 2 is 1.96 bits per heavy atom. The summed E-state index contributed by atoms with van der Waals surface area (Å²) in [5, 5.41) is 8.89. The van der Waals surface area contributed by atoms with Gasteiger partial charge in [0.1, 0.15) is 5.75 Å². The van der Waals surface area contributed by atoms with Gasteiger partial charge in [0.05, 0.1) is 26.3 Å². The number of amides is 1. The van der Waals surface area contributed by atoms with E-state index in [0.717, 1.165) is 11.3 Å². The highest BCUT2D eigenvalue weighted by molar-refractivity contribution is 5.86. The van der Waals surface area contributed by atoms with Crippen molar-refractivity contribution in [3.8, 4) is 5.75 Å². The first kappa shape index (κ1) is 19.8. The molecule has 7 nitrogen and oxygen atoms in total. The highest BCUT2D eigenvalue weighted by Gasteiger charge is 2.05. The van der Waals surface area contributed by atoms with Crippen molar-refractivity contribution in [3.05, 3.63) is 29.8 Å². The Morgan fingerprint density at radius 1 is 1.17 bits per heavy atom. The number of hydrogen-bond acceptors (Lipinski definition) is 4. The van der Waals surface area contributed by atoms with E-state index >= 15 is 0 Å². The van der Waals surface area contributed by atoms with Crippen LogP contribution in [-0.4, -0.2) is 51.8 Å². The monoisotopic (exact) mass is 336 g/mol. The predicted molar refractivity (Wildman–Crippen MR) is 95.3 cm³/mol. The molecule has 0 spiro atoms. The molecule has 0 aromatic heterocycles. The minimum absolute atomic E-state index is 0.104. The van der Waals surface area contributed by atoms with Crippen molar-refractivity contribution in [2.75, 3.05) is 40.0 Å². The maximum absolute atomic E-state index is 11.7. The molecule has 0 aliphatic rings. The van der Waals surface area contributed by atoms with Gasteiger partial charge >= 0.3 is 0 Å². The molecular formula is C17H28N4O3. The van der Waals surface area contributed by atoms with Crippen LogP contribution < -0.4 is 20.7 Å². The highest BCUT2D eigenvalue weighted by atomic mass is 16.5. The molecule has 0 heterocycles. The average Bonchev–Trinajstić information content (AvgIpc) is 2.59. The lowest BCUT2D eigenvalue weighted by atomic mass is 10.2. The zero-order valence-electron chi connectivity index (χ0n) is 14.7. The van der Waals surface area contributed by atoms with Crippen LogP contribution in [0.25, 0.3) is 0 Å². The zero-order valence-corrected chi connectivity index (χ0v) is 14.7. The van der Waals surface area contributed by atoms with Gasteiger partial charge in [-0.25, -0.2) is 4.99 Å². The Hall–Kier alpha value is -2.28. The fourth-order valence-corrected chi connectivity index (χ4v) is 1.96.